The van der Waals surface area contributed by atoms with E-state index < -0.39 is 0 Å². The Morgan fingerprint density at radius 3 is 2.55 bits per heavy atom. The molecule has 2 nitrogen and oxygen atoms in total. The molecule has 108 valence electrons. The molecule has 1 aliphatic carbocycles. The summed E-state index contributed by atoms with van der Waals surface area (Å²) in [6.07, 6.45) is 8.46. The van der Waals surface area contributed by atoms with Gasteiger partial charge in [-0.3, -0.25) is 4.79 Å². The number of hydrogen-bond donors (Lipinski definition) is 0. The highest BCUT2D eigenvalue weighted by atomic mass is 16.2. The van der Waals surface area contributed by atoms with Crippen molar-refractivity contribution >= 4 is 5.91 Å². The third-order valence-corrected chi connectivity index (χ3v) is 5.00. The van der Waals surface area contributed by atoms with E-state index >= 15 is 0 Å². The number of carbonyl (C=O) groups is 1. The van der Waals surface area contributed by atoms with Crippen LogP contribution in [-0.2, 0) is 4.79 Å². The summed E-state index contributed by atoms with van der Waals surface area (Å²) in [6, 6.07) is 10.6. The van der Waals surface area contributed by atoms with Gasteiger partial charge in [-0.25, -0.2) is 0 Å². The van der Waals surface area contributed by atoms with Gasteiger partial charge in [0.15, 0.2) is 0 Å². The molecule has 3 rings (SSSR count). The van der Waals surface area contributed by atoms with Gasteiger partial charge in [-0.05, 0) is 30.7 Å². The molecule has 0 radical (unpaired) electrons. The van der Waals surface area contributed by atoms with Crippen LogP contribution in [0.15, 0.2) is 30.3 Å². The Labute approximate surface area is 122 Å². The van der Waals surface area contributed by atoms with Crippen LogP contribution in [0.1, 0.15) is 56.4 Å². The topological polar surface area (TPSA) is 20.3 Å². The summed E-state index contributed by atoms with van der Waals surface area (Å²) < 4.78 is 0. The van der Waals surface area contributed by atoms with Crippen molar-refractivity contribution in [1.29, 1.82) is 0 Å². The average Bonchev–Trinajstić information content (AvgIpc) is 2.99. The lowest BCUT2D eigenvalue weighted by Gasteiger charge is -2.24. The molecule has 1 aliphatic heterocycles. The Kier molecular flexibility index (Phi) is 4.39. The van der Waals surface area contributed by atoms with Crippen molar-refractivity contribution in [1.82, 2.24) is 4.90 Å². The number of hydrogen-bond acceptors (Lipinski definition) is 1. The van der Waals surface area contributed by atoms with E-state index in [4.69, 9.17) is 0 Å². The van der Waals surface area contributed by atoms with Crippen molar-refractivity contribution in [2.45, 2.75) is 50.9 Å². The van der Waals surface area contributed by atoms with Crippen LogP contribution in [0.5, 0.6) is 0 Å². The Morgan fingerprint density at radius 1 is 1.05 bits per heavy atom. The molecule has 1 heterocycles. The van der Waals surface area contributed by atoms with Gasteiger partial charge in [0.2, 0.25) is 5.91 Å². The van der Waals surface area contributed by atoms with Crippen molar-refractivity contribution in [2.24, 2.45) is 5.92 Å². The zero-order valence-electron chi connectivity index (χ0n) is 12.3. The summed E-state index contributed by atoms with van der Waals surface area (Å²) in [6.45, 7) is 1.88. The van der Waals surface area contributed by atoms with Crippen molar-refractivity contribution in [2.75, 3.05) is 13.1 Å². The van der Waals surface area contributed by atoms with Crippen LogP contribution in [0.3, 0.4) is 0 Å². The minimum Gasteiger partial charge on any atom is -0.342 e. The Bertz CT molecular complexity index is 436. The first-order valence-electron chi connectivity index (χ1n) is 8.15. The van der Waals surface area contributed by atoms with E-state index in [0.717, 1.165) is 25.9 Å². The Morgan fingerprint density at radius 2 is 1.80 bits per heavy atom. The van der Waals surface area contributed by atoms with Gasteiger partial charge in [-0.1, -0.05) is 49.6 Å². The van der Waals surface area contributed by atoms with Crippen molar-refractivity contribution in [3.8, 4) is 0 Å². The normalized spacial score (nSPS) is 24.0. The highest BCUT2D eigenvalue weighted by molar-refractivity contribution is 5.76. The minimum absolute atomic E-state index is 0.398. The highest BCUT2D eigenvalue weighted by Gasteiger charge is 2.28. The van der Waals surface area contributed by atoms with E-state index in [0.29, 0.717) is 17.7 Å². The lowest BCUT2D eigenvalue weighted by atomic mass is 9.87. The van der Waals surface area contributed by atoms with Gasteiger partial charge in [-0.2, -0.15) is 0 Å². The molecule has 1 aromatic rings. The number of nitrogens with zero attached hydrogens (tertiary/aromatic N) is 1. The van der Waals surface area contributed by atoms with Gasteiger partial charge in [0, 0.05) is 25.4 Å². The number of benzene rings is 1. The van der Waals surface area contributed by atoms with E-state index in [1.165, 1.54) is 37.7 Å². The van der Waals surface area contributed by atoms with Crippen LogP contribution < -0.4 is 0 Å². The fraction of sp³-hybridized carbons (Fsp3) is 0.611. The van der Waals surface area contributed by atoms with Gasteiger partial charge in [0.05, 0.1) is 0 Å². The molecule has 2 aliphatic rings. The molecular weight excluding hydrogens is 246 g/mol. The van der Waals surface area contributed by atoms with Gasteiger partial charge in [0.25, 0.3) is 0 Å². The third kappa shape index (κ3) is 3.23. The molecule has 0 aromatic heterocycles. The second kappa shape index (κ2) is 6.43. The fourth-order valence-electron chi connectivity index (χ4n) is 3.75. The first kappa shape index (κ1) is 13.7. The predicted molar refractivity (Wildman–Crippen MR) is 81.6 cm³/mol. The maximum atomic E-state index is 12.4. The molecule has 0 spiro atoms. The molecule has 0 bridgehead atoms. The average molecular weight is 271 g/mol. The van der Waals surface area contributed by atoms with Gasteiger partial charge in [0.1, 0.15) is 0 Å². The number of likely N-dealkylation sites (tertiary alicyclic amines) is 1. The monoisotopic (exact) mass is 271 g/mol. The number of amides is 1. The number of carbonyl (C=O) groups excluding carboxylic acids is 1. The quantitative estimate of drug-likeness (QED) is 0.814. The molecule has 1 atom stereocenters. The molecular formula is C18H25NO. The van der Waals surface area contributed by atoms with Crippen LogP contribution >= 0.6 is 0 Å². The standard InChI is InChI=1S/C18H25NO/c20-18(13-15-7-3-1-4-8-15)19-12-11-17(14-19)16-9-5-2-6-10-16/h2,5-6,9-10,15,17H,1,3-4,7-8,11-14H2. The molecule has 1 saturated carbocycles. The first-order valence-corrected chi connectivity index (χ1v) is 8.15. The minimum atomic E-state index is 0.398. The van der Waals surface area contributed by atoms with Crippen LogP contribution in [0.25, 0.3) is 0 Å². The predicted octanol–water partition coefficient (Wildman–Crippen LogP) is 3.97. The summed E-state index contributed by atoms with van der Waals surface area (Å²) in [5.74, 6) is 1.61. The van der Waals surface area contributed by atoms with Crippen LogP contribution in [0, 0.1) is 5.92 Å². The zero-order chi connectivity index (χ0) is 13.8. The molecule has 1 aromatic carbocycles. The summed E-state index contributed by atoms with van der Waals surface area (Å²) in [5, 5.41) is 0. The second-order valence-electron chi connectivity index (χ2n) is 6.44. The first-order chi connectivity index (χ1) is 9.83. The molecule has 0 N–H and O–H groups in total. The maximum absolute atomic E-state index is 12.4. The summed E-state index contributed by atoms with van der Waals surface area (Å²) in [7, 11) is 0. The van der Waals surface area contributed by atoms with Crippen LogP contribution in [0.4, 0.5) is 0 Å². The van der Waals surface area contributed by atoms with Crippen LogP contribution in [-0.4, -0.2) is 23.9 Å². The molecule has 2 fully saturated rings. The van der Waals surface area contributed by atoms with Gasteiger partial charge >= 0.3 is 0 Å². The summed E-state index contributed by atoms with van der Waals surface area (Å²) in [5.41, 5.74) is 1.39. The SMILES string of the molecule is O=C(CC1CCCCC1)N1CCC(c2ccccc2)C1. The van der Waals surface area contributed by atoms with E-state index in [1.54, 1.807) is 0 Å². The highest BCUT2D eigenvalue weighted by Crippen LogP contribution is 2.30. The molecule has 1 unspecified atom stereocenters. The number of rotatable bonds is 3. The summed E-state index contributed by atoms with van der Waals surface area (Å²) >= 11 is 0. The van der Waals surface area contributed by atoms with Crippen molar-refractivity contribution < 1.29 is 4.79 Å². The largest absolute Gasteiger partial charge is 0.342 e. The van der Waals surface area contributed by atoms with E-state index in [2.05, 4.69) is 35.2 Å². The smallest absolute Gasteiger partial charge is 0.222 e. The lowest BCUT2D eigenvalue weighted by molar-refractivity contribution is -0.131. The third-order valence-electron chi connectivity index (χ3n) is 5.00. The Balaban J connectivity index is 1.53. The van der Waals surface area contributed by atoms with Crippen molar-refractivity contribution in [3.05, 3.63) is 35.9 Å². The van der Waals surface area contributed by atoms with E-state index in [-0.39, 0.29) is 0 Å². The summed E-state index contributed by atoms with van der Waals surface area (Å²) in [4.78, 5) is 14.5. The lowest BCUT2D eigenvalue weighted by Crippen LogP contribution is -2.30. The molecule has 2 heteroatoms. The Hall–Kier alpha value is -1.31. The molecule has 1 amide bonds. The van der Waals surface area contributed by atoms with E-state index in [1.807, 2.05) is 0 Å². The fourth-order valence-corrected chi connectivity index (χ4v) is 3.75. The van der Waals surface area contributed by atoms with Gasteiger partial charge < -0.3 is 4.90 Å². The van der Waals surface area contributed by atoms with Gasteiger partial charge in [-0.15, -0.1) is 0 Å². The van der Waals surface area contributed by atoms with E-state index in [9.17, 15) is 4.79 Å². The zero-order valence-corrected chi connectivity index (χ0v) is 12.3. The molecule has 1 saturated heterocycles. The molecule has 20 heavy (non-hydrogen) atoms. The maximum Gasteiger partial charge on any atom is 0.222 e. The van der Waals surface area contributed by atoms with Crippen molar-refractivity contribution in [3.63, 3.8) is 0 Å². The van der Waals surface area contributed by atoms with Crippen LogP contribution in [0.2, 0.25) is 0 Å². The second-order valence-corrected chi connectivity index (χ2v) is 6.44.